The minimum Gasteiger partial charge on any atom is -0.334 e. The van der Waals surface area contributed by atoms with Gasteiger partial charge >= 0.3 is 0 Å². The number of hydrogen-bond acceptors (Lipinski definition) is 4. The molecule has 1 aromatic carbocycles. The third-order valence-corrected chi connectivity index (χ3v) is 4.14. The maximum Gasteiger partial charge on any atom is 0.278 e. The van der Waals surface area contributed by atoms with Crippen molar-refractivity contribution in [3.8, 4) is 0 Å². The first-order valence-electron chi connectivity index (χ1n) is 5.81. The molecule has 0 saturated carbocycles. The lowest BCUT2D eigenvalue weighted by molar-refractivity contribution is 0.598. The first-order valence-corrected chi connectivity index (χ1v) is 7.29. The number of benzene rings is 1. The Morgan fingerprint density at radius 3 is 2.79 bits per heavy atom. The third-order valence-electron chi connectivity index (χ3n) is 2.83. The first kappa shape index (κ1) is 13.6. The second kappa shape index (κ2) is 5.41. The standard InChI is InChI=1S/C12H16N4O2S/c1-9(13-2)10-4-3-5-11(6-10)16-19(17,18)12-7-14-8-15-12/h3-9,13,16H,1-2H3,(H,14,15). The number of aromatic nitrogens is 2. The zero-order valence-electron chi connectivity index (χ0n) is 10.7. The van der Waals surface area contributed by atoms with Crippen molar-refractivity contribution in [3.63, 3.8) is 0 Å². The van der Waals surface area contributed by atoms with Crippen LogP contribution in [0.1, 0.15) is 18.5 Å². The van der Waals surface area contributed by atoms with Crippen LogP contribution < -0.4 is 10.0 Å². The van der Waals surface area contributed by atoms with Crippen LogP contribution in [0.3, 0.4) is 0 Å². The molecule has 0 radical (unpaired) electrons. The molecule has 1 aromatic heterocycles. The van der Waals surface area contributed by atoms with E-state index in [1.54, 1.807) is 12.1 Å². The van der Waals surface area contributed by atoms with E-state index in [0.717, 1.165) is 5.56 Å². The van der Waals surface area contributed by atoms with E-state index in [2.05, 4.69) is 20.0 Å². The van der Waals surface area contributed by atoms with E-state index in [4.69, 9.17) is 0 Å². The number of nitrogens with one attached hydrogen (secondary N) is 3. The SMILES string of the molecule is CNC(C)c1cccc(NS(=O)(=O)c2cnc[nH]2)c1. The lowest BCUT2D eigenvalue weighted by Crippen LogP contribution is -2.15. The normalized spacial score (nSPS) is 13.2. The van der Waals surface area contributed by atoms with Crippen LogP contribution in [0.4, 0.5) is 5.69 Å². The fourth-order valence-electron chi connectivity index (χ4n) is 1.64. The summed E-state index contributed by atoms with van der Waals surface area (Å²) >= 11 is 0. The van der Waals surface area contributed by atoms with E-state index >= 15 is 0 Å². The molecular formula is C12H16N4O2S. The van der Waals surface area contributed by atoms with E-state index in [0.29, 0.717) is 5.69 Å². The van der Waals surface area contributed by atoms with Gasteiger partial charge in [-0.3, -0.25) is 4.72 Å². The number of rotatable bonds is 5. The maximum atomic E-state index is 12.0. The predicted octanol–water partition coefficient (Wildman–Crippen LogP) is 1.49. The Balaban J connectivity index is 2.25. The van der Waals surface area contributed by atoms with Crippen molar-refractivity contribution < 1.29 is 8.42 Å². The number of imidazole rings is 1. The summed E-state index contributed by atoms with van der Waals surface area (Å²) in [6.45, 7) is 2.00. The number of aromatic amines is 1. The quantitative estimate of drug-likeness (QED) is 0.774. The summed E-state index contributed by atoms with van der Waals surface area (Å²) < 4.78 is 26.5. The van der Waals surface area contributed by atoms with E-state index < -0.39 is 10.0 Å². The molecule has 19 heavy (non-hydrogen) atoms. The number of hydrogen-bond donors (Lipinski definition) is 3. The number of sulfonamides is 1. The molecule has 0 spiro atoms. The van der Waals surface area contributed by atoms with Crippen molar-refractivity contribution >= 4 is 15.7 Å². The number of anilines is 1. The molecule has 0 bridgehead atoms. The number of nitrogens with zero attached hydrogens (tertiary/aromatic N) is 1. The molecule has 1 heterocycles. The summed E-state index contributed by atoms with van der Waals surface area (Å²) in [4.78, 5) is 6.28. The van der Waals surface area contributed by atoms with Gasteiger partial charge in [-0.2, -0.15) is 8.42 Å². The first-order chi connectivity index (χ1) is 9.03. The average molecular weight is 280 g/mol. The fourth-order valence-corrected chi connectivity index (χ4v) is 2.59. The summed E-state index contributed by atoms with van der Waals surface area (Å²) in [7, 11) is -1.75. The molecule has 7 heteroatoms. The van der Waals surface area contributed by atoms with Crippen LogP contribution in [-0.4, -0.2) is 25.4 Å². The van der Waals surface area contributed by atoms with Crippen LogP contribution in [0, 0.1) is 0 Å². The van der Waals surface area contributed by atoms with Gasteiger partial charge in [0.25, 0.3) is 10.0 Å². The molecule has 0 aliphatic rings. The minimum atomic E-state index is -3.61. The van der Waals surface area contributed by atoms with Gasteiger partial charge in [0.05, 0.1) is 12.5 Å². The minimum absolute atomic E-state index is 0.0413. The average Bonchev–Trinajstić information content (AvgIpc) is 2.92. The topological polar surface area (TPSA) is 86.9 Å². The smallest absolute Gasteiger partial charge is 0.278 e. The zero-order valence-corrected chi connectivity index (χ0v) is 11.5. The summed E-state index contributed by atoms with van der Waals surface area (Å²) in [5, 5.41) is 3.15. The Kier molecular flexibility index (Phi) is 3.87. The summed E-state index contributed by atoms with van der Waals surface area (Å²) in [6, 6.07) is 7.41. The monoisotopic (exact) mass is 280 g/mol. The summed E-state index contributed by atoms with van der Waals surface area (Å²) in [6.07, 6.45) is 2.59. The van der Waals surface area contributed by atoms with Crippen molar-refractivity contribution in [2.24, 2.45) is 0 Å². The van der Waals surface area contributed by atoms with Crippen LogP contribution in [0.15, 0.2) is 41.8 Å². The fraction of sp³-hybridized carbons (Fsp3) is 0.250. The van der Waals surface area contributed by atoms with E-state index in [1.807, 2.05) is 26.1 Å². The molecule has 3 N–H and O–H groups in total. The van der Waals surface area contributed by atoms with Crippen molar-refractivity contribution in [3.05, 3.63) is 42.4 Å². The van der Waals surface area contributed by atoms with Gasteiger partial charge in [-0.25, -0.2) is 4.98 Å². The van der Waals surface area contributed by atoms with Crippen molar-refractivity contribution in [2.45, 2.75) is 18.0 Å². The molecular weight excluding hydrogens is 264 g/mol. The van der Waals surface area contributed by atoms with Crippen LogP contribution in [-0.2, 0) is 10.0 Å². The second-order valence-corrected chi connectivity index (χ2v) is 5.81. The molecule has 0 aliphatic heterocycles. The highest BCUT2D eigenvalue weighted by atomic mass is 32.2. The van der Waals surface area contributed by atoms with E-state index in [-0.39, 0.29) is 11.1 Å². The van der Waals surface area contributed by atoms with E-state index in [9.17, 15) is 8.42 Å². The van der Waals surface area contributed by atoms with E-state index in [1.165, 1.54) is 12.5 Å². The van der Waals surface area contributed by atoms with Gasteiger partial charge in [-0.1, -0.05) is 12.1 Å². The highest BCUT2D eigenvalue weighted by Crippen LogP contribution is 2.19. The Labute approximate surface area is 112 Å². The van der Waals surface area contributed by atoms with Gasteiger partial charge in [0.15, 0.2) is 5.03 Å². The highest BCUT2D eigenvalue weighted by molar-refractivity contribution is 7.92. The lowest BCUT2D eigenvalue weighted by Gasteiger charge is -2.12. The Bertz CT molecular complexity index is 638. The molecule has 1 unspecified atom stereocenters. The maximum absolute atomic E-state index is 12.0. The Morgan fingerprint density at radius 1 is 1.37 bits per heavy atom. The largest absolute Gasteiger partial charge is 0.334 e. The van der Waals surface area contributed by atoms with Crippen molar-refractivity contribution in [1.82, 2.24) is 15.3 Å². The molecule has 2 aromatic rings. The van der Waals surface area contributed by atoms with Crippen molar-refractivity contribution in [2.75, 3.05) is 11.8 Å². The molecule has 6 nitrogen and oxygen atoms in total. The van der Waals surface area contributed by atoms with Gasteiger partial charge in [-0.15, -0.1) is 0 Å². The zero-order chi connectivity index (χ0) is 13.9. The van der Waals surface area contributed by atoms with Crippen LogP contribution in [0.2, 0.25) is 0 Å². The van der Waals surface area contributed by atoms with Gasteiger partial charge in [-0.05, 0) is 31.7 Å². The van der Waals surface area contributed by atoms with Crippen molar-refractivity contribution in [1.29, 1.82) is 0 Å². The second-order valence-electron chi connectivity index (χ2n) is 4.16. The Morgan fingerprint density at radius 2 is 2.16 bits per heavy atom. The van der Waals surface area contributed by atoms with Gasteiger partial charge < -0.3 is 10.3 Å². The summed E-state index contributed by atoms with van der Waals surface area (Å²) in [5.41, 5.74) is 1.53. The molecule has 2 rings (SSSR count). The van der Waals surface area contributed by atoms with Crippen LogP contribution in [0.25, 0.3) is 0 Å². The molecule has 1 atom stereocenters. The van der Waals surface area contributed by atoms with Gasteiger partial charge in [0, 0.05) is 11.7 Å². The Hall–Kier alpha value is -1.86. The number of H-pyrrole nitrogens is 1. The summed E-state index contributed by atoms with van der Waals surface area (Å²) in [5.74, 6) is 0. The van der Waals surface area contributed by atoms with Crippen LogP contribution >= 0.6 is 0 Å². The molecule has 0 saturated heterocycles. The van der Waals surface area contributed by atoms with Crippen LogP contribution in [0.5, 0.6) is 0 Å². The predicted molar refractivity (Wildman–Crippen MR) is 73.3 cm³/mol. The molecule has 102 valence electrons. The lowest BCUT2D eigenvalue weighted by atomic mass is 10.1. The van der Waals surface area contributed by atoms with Gasteiger partial charge in [0.1, 0.15) is 0 Å². The third kappa shape index (κ3) is 3.12. The molecule has 0 fully saturated rings. The highest BCUT2D eigenvalue weighted by Gasteiger charge is 2.15. The van der Waals surface area contributed by atoms with Gasteiger partial charge in [0.2, 0.25) is 0 Å². The molecule has 0 amide bonds. The molecule has 0 aliphatic carbocycles.